The molecule has 3 heterocycles. The molecule has 124 valence electrons. The van der Waals surface area contributed by atoms with Crippen LogP contribution in [-0.2, 0) is 9.59 Å². The fraction of sp³-hybridized carbons (Fsp3) is 0.562. The Bertz CT molecular complexity index is 622. The van der Waals surface area contributed by atoms with Gasteiger partial charge in [-0.25, -0.2) is 4.98 Å². The van der Waals surface area contributed by atoms with Crippen molar-refractivity contribution in [1.29, 1.82) is 0 Å². The summed E-state index contributed by atoms with van der Waals surface area (Å²) >= 11 is 6.05. The Morgan fingerprint density at radius 1 is 1.52 bits per heavy atom. The smallest absolute Gasteiger partial charge is 0.250 e. The monoisotopic (exact) mass is 336 g/mol. The highest BCUT2D eigenvalue weighted by atomic mass is 35.5. The van der Waals surface area contributed by atoms with Crippen molar-refractivity contribution in [3.05, 3.63) is 17.3 Å². The summed E-state index contributed by atoms with van der Waals surface area (Å²) in [5.74, 6) is 0.562. The minimum atomic E-state index is -0.209. The predicted octanol–water partition coefficient (Wildman–Crippen LogP) is 1.97. The van der Waals surface area contributed by atoms with Crippen LogP contribution >= 0.6 is 11.6 Å². The van der Waals surface area contributed by atoms with Crippen molar-refractivity contribution in [1.82, 2.24) is 10.3 Å². The van der Waals surface area contributed by atoms with Gasteiger partial charge in [0.25, 0.3) is 0 Å². The first-order valence-corrected chi connectivity index (χ1v) is 8.50. The number of aromatic nitrogens is 1. The molecule has 1 atom stereocenters. The van der Waals surface area contributed by atoms with E-state index in [0.717, 1.165) is 38.0 Å². The maximum Gasteiger partial charge on any atom is 0.250 e. The molecule has 1 N–H and O–H groups in total. The molecule has 0 aromatic carbocycles. The lowest BCUT2D eigenvalue weighted by Gasteiger charge is -2.38. The number of nitrogens with one attached hydrogen (secondary N) is 1. The lowest BCUT2D eigenvalue weighted by atomic mass is 10.1. The van der Waals surface area contributed by atoms with Gasteiger partial charge in [-0.3, -0.25) is 14.5 Å². The fourth-order valence-electron chi connectivity index (χ4n) is 3.18. The van der Waals surface area contributed by atoms with Crippen molar-refractivity contribution in [2.75, 3.05) is 29.4 Å². The summed E-state index contributed by atoms with van der Waals surface area (Å²) in [7, 11) is 0. The molecule has 1 saturated heterocycles. The van der Waals surface area contributed by atoms with Gasteiger partial charge in [0.05, 0.1) is 10.7 Å². The molecule has 1 aromatic heterocycles. The topological polar surface area (TPSA) is 65.5 Å². The van der Waals surface area contributed by atoms with E-state index in [4.69, 9.17) is 11.6 Å². The average Bonchev–Trinajstić information content (AvgIpc) is 3.01. The van der Waals surface area contributed by atoms with Gasteiger partial charge in [-0.05, 0) is 25.3 Å². The molecular weight excluding hydrogens is 316 g/mol. The summed E-state index contributed by atoms with van der Waals surface area (Å²) in [4.78, 5) is 32.9. The first-order valence-electron chi connectivity index (χ1n) is 8.12. The van der Waals surface area contributed by atoms with Crippen LogP contribution in [0.3, 0.4) is 0 Å². The summed E-state index contributed by atoms with van der Waals surface area (Å²) in [5.41, 5.74) is 0.631. The van der Waals surface area contributed by atoms with Gasteiger partial charge >= 0.3 is 0 Å². The average molecular weight is 337 g/mol. The Morgan fingerprint density at radius 3 is 3.13 bits per heavy atom. The van der Waals surface area contributed by atoms with Crippen molar-refractivity contribution in [2.24, 2.45) is 0 Å². The highest BCUT2D eigenvalue weighted by Crippen LogP contribution is 2.39. The first kappa shape index (κ1) is 16.1. The molecule has 0 radical (unpaired) electrons. The predicted molar refractivity (Wildman–Crippen MR) is 89.9 cm³/mol. The number of hydrogen-bond acceptors (Lipinski definition) is 4. The second-order valence-corrected chi connectivity index (χ2v) is 6.41. The summed E-state index contributed by atoms with van der Waals surface area (Å²) in [6.07, 6.45) is 5.29. The fourth-order valence-corrected chi connectivity index (χ4v) is 3.34. The molecule has 3 rings (SSSR count). The highest BCUT2D eigenvalue weighted by molar-refractivity contribution is 6.31. The number of anilines is 2. The maximum atomic E-state index is 12.8. The van der Waals surface area contributed by atoms with E-state index >= 15 is 0 Å². The zero-order valence-corrected chi connectivity index (χ0v) is 14.0. The molecule has 6 nitrogen and oxygen atoms in total. The molecule has 0 aliphatic carbocycles. The van der Waals surface area contributed by atoms with Gasteiger partial charge in [-0.2, -0.15) is 0 Å². The van der Waals surface area contributed by atoms with E-state index in [1.807, 2.05) is 4.90 Å². The van der Waals surface area contributed by atoms with Gasteiger partial charge in [-0.1, -0.05) is 24.9 Å². The van der Waals surface area contributed by atoms with Crippen LogP contribution in [-0.4, -0.2) is 42.5 Å². The molecule has 23 heavy (non-hydrogen) atoms. The Balaban J connectivity index is 1.84. The van der Waals surface area contributed by atoms with Crippen LogP contribution in [0.1, 0.15) is 32.6 Å². The molecule has 0 spiro atoms. The molecule has 1 aromatic rings. The lowest BCUT2D eigenvalue weighted by molar-refractivity contribution is -0.124. The van der Waals surface area contributed by atoms with Crippen LogP contribution in [0.2, 0.25) is 5.02 Å². The number of pyridine rings is 1. The van der Waals surface area contributed by atoms with Crippen LogP contribution in [0.5, 0.6) is 0 Å². The Labute approximate surface area is 140 Å². The van der Waals surface area contributed by atoms with E-state index < -0.39 is 0 Å². The zero-order chi connectivity index (χ0) is 16.4. The van der Waals surface area contributed by atoms with Gasteiger partial charge in [0.1, 0.15) is 12.6 Å². The van der Waals surface area contributed by atoms with E-state index in [0.29, 0.717) is 17.3 Å². The van der Waals surface area contributed by atoms with Crippen LogP contribution in [0.25, 0.3) is 0 Å². The molecule has 1 unspecified atom stereocenters. The molecule has 2 aliphatic rings. The van der Waals surface area contributed by atoms with Crippen LogP contribution in [0, 0.1) is 0 Å². The minimum absolute atomic E-state index is 0.0158. The molecule has 1 fully saturated rings. The van der Waals surface area contributed by atoms with E-state index in [9.17, 15) is 9.59 Å². The number of amides is 2. The minimum Gasteiger partial charge on any atom is -0.355 e. The quantitative estimate of drug-likeness (QED) is 0.835. The number of rotatable bonds is 5. The number of nitrogens with zero attached hydrogens (tertiary/aromatic N) is 3. The Kier molecular flexibility index (Phi) is 4.71. The van der Waals surface area contributed by atoms with Gasteiger partial charge in [-0.15, -0.1) is 0 Å². The summed E-state index contributed by atoms with van der Waals surface area (Å²) in [6, 6.07) is 1.51. The van der Waals surface area contributed by atoms with Gasteiger partial charge in [0, 0.05) is 19.3 Å². The molecule has 2 amide bonds. The largest absolute Gasteiger partial charge is 0.355 e. The van der Waals surface area contributed by atoms with E-state index in [1.54, 1.807) is 12.3 Å². The second-order valence-electron chi connectivity index (χ2n) is 5.98. The molecule has 0 bridgehead atoms. The number of hydrogen-bond donors (Lipinski definition) is 1. The Morgan fingerprint density at radius 2 is 2.35 bits per heavy atom. The van der Waals surface area contributed by atoms with E-state index in [1.165, 1.54) is 4.90 Å². The van der Waals surface area contributed by atoms with E-state index in [2.05, 4.69) is 17.2 Å². The molecular formula is C16H21ClN4O2. The summed E-state index contributed by atoms with van der Waals surface area (Å²) < 4.78 is 0. The number of carbonyl (C=O) groups is 2. The summed E-state index contributed by atoms with van der Waals surface area (Å²) in [5, 5.41) is 3.32. The van der Waals surface area contributed by atoms with Crippen molar-refractivity contribution in [3.8, 4) is 0 Å². The number of halogens is 1. The third-order valence-electron chi connectivity index (χ3n) is 4.33. The van der Waals surface area contributed by atoms with Gasteiger partial charge in [0.15, 0.2) is 5.82 Å². The maximum absolute atomic E-state index is 12.8. The normalized spacial score (nSPS) is 19.6. The summed E-state index contributed by atoms with van der Waals surface area (Å²) in [6.45, 7) is 3.53. The zero-order valence-electron chi connectivity index (χ0n) is 13.2. The Hall–Kier alpha value is -1.82. The van der Waals surface area contributed by atoms with E-state index in [-0.39, 0.29) is 24.4 Å². The number of unbranched alkanes of at least 4 members (excludes halogenated alkanes) is 1. The van der Waals surface area contributed by atoms with Crippen LogP contribution < -0.4 is 15.1 Å². The highest BCUT2D eigenvalue weighted by Gasteiger charge is 2.42. The molecule has 7 heteroatoms. The SMILES string of the molecule is CCCCNC(=O)CN1C(=O)C2CCCN2c2ncc(Cl)cc21. The van der Waals surface area contributed by atoms with Crippen molar-refractivity contribution < 1.29 is 9.59 Å². The van der Waals surface area contributed by atoms with Gasteiger partial charge < -0.3 is 10.2 Å². The number of carbonyl (C=O) groups excluding carboxylic acids is 2. The second kappa shape index (κ2) is 6.74. The third-order valence-corrected chi connectivity index (χ3v) is 4.54. The third kappa shape index (κ3) is 3.13. The standard InChI is InChI=1S/C16H21ClN4O2/c1-2-3-6-18-14(22)10-21-13-8-11(17)9-19-15(13)20-7-4-5-12(20)16(21)23/h8-9,12H,2-7,10H2,1H3,(H,18,22). The first-order chi connectivity index (χ1) is 11.1. The van der Waals surface area contributed by atoms with Crippen molar-refractivity contribution in [2.45, 2.75) is 38.6 Å². The van der Waals surface area contributed by atoms with Crippen molar-refractivity contribution in [3.63, 3.8) is 0 Å². The van der Waals surface area contributed by atoms with Crippen LogP contribution in [0.4, 0.5) is 11.5 Å². The molecule has 2 aliphatic heterocycles. The number of fused-ring (bicyclic) bond motifs is 3. The molecule has 0 saturated carbocycles. The van der Waals surface area contributed by atoms with Crippen molar-refractivity contribution >= 4 is 34.9 Å². The van der Waals surface area contributed by atoms with Gasteiger partial charge in [0.2, 0.25) is 11.8 Å². The van der Waals surface area contributed by atoms with Crippen LogP contribution in [0.15, 0.2) is 12.3 Å². The lowest BCUT2D eigenvalue weighted by Crippen LogP contribution is -2.53.